The molecule has 166 valence electrons. The maximum Gasteiger partial charge on any atom is 0.335 e. The van der Waals surface area contributed by atoms with Crippen molar-refractivity contribution in [1.82, 2.24) is 0 Å². The molecule has 0 aromatic heterocycles. The lowest BCUT2D eigenvalue weighted by molar-refractivity contribution is 0.0697. The van der Waals surface area contributed by atoms with E-state index in [1.807, 2.05) is 12.1 Å². The van der Waals surface area contributed by atoms with Crippen molar-refractivity contribution < 1.29 is 9.90 Å². The van der Waals surface area contributed by atoms with E-state index in [4.69, 9.17) is 5.11 Å². The van der Waals surface area contributed by atoms with Gasteiger partial charge in [-0.15, -0.1) is 0 Å². The Kier molecular flexibility index (Phi) is 6.51. The van der Waals surface area contributed by atoms with Gasteiger partial charge in [0.1, 0.15) is 0 Å². The first-order chi connectivity index (χ1) is 14.4. The minimum Gasteiger partial charge on any atom is -0.478 e. The molecule has 31 heavy (non-hydrogen) atoms. The summed E-state index contributed by atoms with van der Waals surface area (Å²) in [5.74, 6) is -0.165. The van der Waals surface area contributed by atoms with Gasteiger partial charge in [-0.1, -0.05) is 78.3 Å². The molecular formula is C29H38O2. The average molecular weight is 419 g/mol. The molecule has 2 aromatic carbocycles. The van der Waals surface area contributed by atoms with E-state index in [0.717, 1.165) is 17.9 Å². The summed E-state index contributed by atoms with van der Waals surface area (Å²) >= 11 is 0. The summed E-state index contributed by atoms with van der Waals surface area (Å²) in [5, 5.41) is 9.16. The largest absolute Gasteiger partial charge is 0.478 e. The third-order valence-corrected chi connectivity index (χ3v) is 7.15. The molecule has 1 aliphatic carbocycles. The molecule has 0 heterocycles. The smallest absolute Gasteiger partial charge is 0.335 e. The Morgan fingerprint density at radius 3 is 2.19 bits per heavy atom. The van der Waals surface area contributed by atoms with Crippen LogP contribution in [0.5, 0.6) is 0 Å². The summed E-state index contributed by atoms with van der Waals surface area (Å²) in [7, 11) is 0. The topological polar surface area (TPSA) is 37.3 Å². The molecule has 0 bridgehead atoms. The van der Waals surface area contributed by atoms with Crippen LogP contribution in [0, 0.1) is 5.92 Å². The van der Waals surface area contributed by atoms with Gasteiger partial charge in [0.15, 0.2) is 0 Å². The van der Waals surface area contributed by atoms with Crippen molar-refractivity contribution in [3.05, 3.63) is 69.8 Å². The zero-order valence-electron chi connectivity index (χ0n) is 20.3. The number of rotatable bonds is 7. The van der Waals surface area contributed by atoms with E-state index in [0.29, 0.717) is 5.56 Å². The van der Waals surface area contributed by atoms with E-state index in [-0.39, 0.29) is 10.8 Å². The summed E-state index contributed by atoms with van der Waals surface area (Å²) in [6.45, 7) is 16.3. The Hall–Kier alpha value is -2.35. The van der Waals surface area contributed by atoms with E-state index in [1.165, 1.54) is 47.1 Å². The number of aromatic carboxylic acids is 1. The van der Waals surface area contributed by atoms with Gasteiger partial charge in [0.2, 0.25) is 0 Å². The fraction of sp³-hybridized carbons (Fsp3) is 0.483. The van der Waals surface area contributed by atoms with Gasteiger partial charge >= 0.3 is 5.97 Å². The minimum atomic E-state index is -0.886. The van der Waals surface area contributed by atoms with Crippen LogP contribution < -0.4 is 0 Å². The number of benzene rings is 2. The molecule has 1 unspecified atom stereocenters. The van der Waals surface area contributed by atoms with Crippen LogP contribution in [0.2, 0.25) is 0 Å². The van der Waals surface area contributed by atoms with Crippen LogP contribution >= 0.6 is 0 Å². The molecule has 0 amide bonds. The number of allylic oxidation sites excluding steroid dienone is 1. The van der Waals surface area contributed by atoms with E-state index >= 15 is 0 Å². The van der Waals surface area contributed by atoms with Gasteiger partial charge in [-0.05, 0) is 88.5 Å². The Bertz CT molecular complexity index is 990. The van der Waals surface area contributed by atoms with Crippen molar-refractivity contribution in [2.75, 3.05) is 0 Å². The van der Waals surface area contributed by atoms with Crippen LogP contribution in [-0.4, -0.2) is 11.1 Å². The van der Waals surface area contributed by atoms with Crippen LogP contribution in [0.1, 0.15) is 106 Å². The Morgan fingerprint density at radius 2 is 1.65 bits per heavy atom. The SMILES string of the molecule is CCC(C)CCc1cc2c(cc1C(C)=Cc1ccc(C(=O)O)cc1)C(C)(C)CC2(C)C. The maximum atomic E-state index is 11.2. The second kappa shape index (κ2) is 8.65. The highest BCUT2D eigenvalue weighted by Crippen LogP contribution is 2.50. The Labute approximate surface area is 188 Å². The second-order valence-corrected chi connectivity index (χ2v) is 10.8. The molecule has 0 aliphatic heterocycles. The normalized spacial score (nSPS) is 18.0. The van der Waals surface area contributed by atoms with E-state index in [1.54, 1.807) is 12.1 Å². The fourth-order valence-corrected chi connectivity index (χ4v) is 5.29. The van der Waals surface area contributed by atoms with Gasteiger partial charge < -0.3 is 5.11 Å². The Morgan fingerprint density at radius 1 is 1.06 bits per heavy atom. The van der Waals surface area contributed by atoms with E-state index in [2.05, 4.69) is 66.7 Å². The molecule has 1 aliphatic rings. The van der Waals surface area contributed by atoms with Crippen LogP contribution in [0.25, 0.3) is 11.6 Å². The molecule has 1 atom stereocenters. The van der Waals surface area contributed by atoms with Gasteiger partial charge in [0.25, 0.3) is 0 Å². The van der Waals surface area contributed by atoms with Crippen molar-refractivity contribution in [2.24, 2.45) is 5.92 Å². The first-order valence-corrected chi connectivity index (χ1v) is 11.6. The quantitative estimate of drug-likeness (QED) is 0.464. The van der Waals surface area contributed by atoms with Crippen molar-refractivity contribution >= 4 is 17.6 Å². The van der Waals surface area contributed by atoms with E-state index in [9.17, 15) is 4.79 Å². The summed E-state index contributed by atoms with van der Waals surface area (Å²) < 4.78 is 0. The van der Waals surface area contributed by atoms with Gasteiger partial charge in [0, 0.05) is 0 Å². The van der Waals surface area contributed by atoms with Gasteiger partial charge in [-0.3, -0.25) is 0 Å². The monoisotopic (exact) mass is 418 g/mol. The van der Waals surface area contributed by atoms with Crippen molar-refractivity contribution in [3.8, 4) is 0 Å². The van der Waals surface area contributed by atoms with E-state index < -0.39 is 5.97 Å². The molecule has 0 spiro atoms. The zero-order valence-corrected chi connectivity index (χ0v) is 20.3. The lowest BCUT2D eigenvalue weighted by Gasteiger charge is -2.22. The third kappa shape index (κ3) is 4.95. The molecule has 0 saturated heterocycles. The van der Waals surface area contributed by atoms with Gasteiger partial charge in [-0.25, -0.2) is 4.79 Å². The molecule has 0 saturated carbocycles. The lowest BCUT2D eigenvalue weighted by atomic mass is 9.82. The number of fused-ring (bicyclic) bond motifs is 1. The summed E-state index contributed by atoms with van der Waals surface area (Å²) in [6, 6.07) is 12.1. The highest BCUT2D eigenvalue weighted by Gasteiger charge is 2.42. The minimum absolute atomic E-state index is 0.173. The maximum absolute atomic E-state index is 11.2. The van der Waals surface area contributed by atoms with Crippen LogP contribution in [0.3, 0.4) is 0 Å². The van der Waals surface area contributed by atoms with Crippen LogP contribution in [0.4, 0.5) is 0 Å². The molecule has 2 heteroatoms. The molecular weight excluding hydrogens is 380 g/mol. The first-order valence-electron chi connectivity index (χ1n) is 11.6. The molecule has 1 N–H and O–H groups in total. The zero-order chi connectivity index (χ0) is 23.0. The summed E-state index contributed by atoms with van der Waals surface area (Å²) in [6.07, 6.45) is 6.86. The lowest BCUT2D eigenvalue weighted by Crippen LogP contribution is -2.18. The number of carbonyl (C=O) groups is 1. The highest BCUT2D eigenvalue weighted by molar-refractivity contribution is 5.88. The number of hydrogen-bond donors (Lipinski definition) is 1. The number of aryl methyl sites for hydroxylation is 1. The highest BCUT2D eigenvalue weighted by atomic mass is 16.4. The van der Waals surface area contributed by atoms with Gasteiger partial charge in [0.05, 0.1) is 5.56 Å². The van der Waals surface area contributed by atoms with Crippen LogP contribution in [-0.2, 0) is 17.3 Å². The van der Waals surface area contributed by atoms with Crippen molar-refractivity contribution in [3.63, 3.8) is 0 Å². The molecule has 0 fully saturated rings. The molecule has 2 aromatic rings. The summed E-state index contributed by atoms with van der Waals surface area (Å²) in [4.78, 5) is 11.2. The predicted molar refractivity (Wildman–Crippen MR) is 132 cm³/mol. The number of carboxylic acid groups (broad SMARTS) is 1. The summed E-state index contributed by atoms with van der Waals surface area (Å²) in [5.41, 5.74) is 8.76. The predicted octanol–water partition coefficient (Wildman–Crippen LogP) is 7.88. The van der Waals surface area contributed by atoms with Crippen molar-refractivity contribution in [1.29, 1.82) is 0 Å². The third-order valence-electron chi connectivity index (χ3n) is 7.15. The average Bonchev–Trinajstić information content (AvgIpc) is 2.89. The standard InChI is InChI=1S/C29H38O2/c1-8-19(2)9-12-23-16-25-26(29(6,7)18-28(25,4)5)17-24(23)20(3)15-21-10-13-22(14-11-21)27(30)31/h10-11,13-17,19H,8-9,12,18H2,1-7H3,(H,30,31). The molecule has 3 rings (SSSR count). The number of hydrogen-bond acceptors (Lipinski definition) is 1. The molecule has 0 radical (unpaired) electrons. The Balaban J connectivity index is 2.07. The van der Waals surface area contributed by atoms with Crippen LogP contribution in [0.15, 0.2) is 36.4 Å². The molecule has 2 nitrogen and oxygen atoms in total. The van der Waals surface area contributed by atoms with Gasteiger partial charge in [-0.2, -0.15) is 0 Å². The van der Waals surface area contributed by atoms with Crippen molar-refractivity contribution in [2.45, 2.75) is 85.0 Å². The first kappa shape index (κ1) is 23.3. The number of carboxylic acids is 1. The second-order valence-electron chi connectivity index (χ2n) is 10.8. The fourth-order valence-electron chi connectivity index (χ4n) is 5.29.